The quantitative estimate of drug-likeness (QED) is 0.546. The smallest absolute Gasteiger partial charge is 0.222 e. The van der Waals surface area contributed by atoms with Gasteiger partial charge in [-0.15, -0.1) is 0 Å². The zero-order valence-electron chi connectivity index (χ0n) is 19.1. The van der Waals surface area contributed by atoms with Gasteiger partial charge in [0.05, 0.1) is 11.5 Å². The average molecular weight is 496 g/mol. The lowest BCUT2D eigenvalue weighted by Crippen LogP contribution is -2.58. The van der Waals surface area contributed by atoms with Gasteiger partial charge in [0.1, 0.15) is 6.17 Å². The first kappa shape index (κ1) is 24.2. The van der Waals surface area contributed by atoms with Crippen LogP contribution in [0, 0.1) is 11.3 Å². The molecule has 1 amide bonds. The van der Waals surface area contributed by atoms with Crippen LogP contribution in [0.25, 0.3) is 0 Å². The van der Waals surface area contributed by atoms with Gasteiger partial charge in [0.25, 0.3) is 0 Å². The molecule has 176 valence electrons. The molecule has 5 nitrogen and oxygen atoms in total. The number of fused-ring (bicyclic) bond motifs is 1. The standard InChI is InChI=1S/C27H27Cl2N3O2/c1-17(2)27(14-6-5-9-23(27)33)25-26(30-16-19-7-3-4-8-22(19)31-25)32-24(34)13-11-18-10-12-20(28)15-21(18)29/h3-10,12,14-17,25-26,31H,11,13H2,1-2H3,(H,32,34)/t25?,26-,27?/m1/s1. The fourth-order valence-corrected chi connectivity index (χ4v) is 5.13. The third kappa shape index (κ3) is 4.82. The molecule has 2 aliphatic rings. The Morgan fingerprint density at radius 1 is 1.18 bits per heavy atom. The van der Waals surface area contributed by atoms with Gasteiger partial charge in [0.2, 0.25) is 5.91 Å². The molecule has 3 atom stereocenters. The van der Waals surface area contributed by atoms with Gasteiger partial charge >= 0.3 is 0 Å². The molecule has 2 unspecified atom stereocenters. The highest BCUT2D eigenvalue weighted by molar-refractivity contribution is 6.35. The van der Waals surface area contributed by atoms with Gasteiger partial charge < -0.3 is 10.6 Å². The number of halogens is 2. The third-order valence-corrected chi connectivity index (χ3v) is 7.12. The number of aryl methyl sites for hydroxylation is 1. The molecule has 0 saturated heterocycles. The lowest BCUT2D eigenvalue weighted by molar-refractivity contribution is -0.126. The predicted molar refractivity (Wildman–Crippen MR) is 139 cm³/mol. The van der Waals surface area contributed by atoms with Crippen molar-refractivity contribution >= 4 is 46.8 Å². The molecule has 1 aliphatic heterocycles. The summed E-state index contributed by atoms with van der Waals surface area (Å²) in [6.07, 6.45) is 8.98. The normalized spacial score (nSPS) is 23.4. The number of allylic oxidation sites excluding steroid dienone is 3. The summed E-state index contributed by atoms with van der Waals surface area (Å²) in [4.78, 5) is 31.1. The second kappa shape index (κ2) is 10.2. The zero-order valence-corrected chi connectivity index (χ0v) is 20.6. The Kier molecular flexibility index (Phi) is 7.24. The van der Waals surface area contributed by atoms with Crippen molar-refractivity contribution < 1.29 is 9.59 Å². The average Bonchev–Trinajstić information content (AvgIpc) is 2.98. The van der Waals surface area contributed by atoms with Gasteiger partial charge in [0, 0.05) is 33.9 Å². The van der Waals surface area contributed by atoms with Crippen LogP contribution in [0.4, 0.5) is 5.69 Å². The van der Waals surface area contributed by atoms with Crippen LogP contribution in [-0.2, 0) is 16.0 Å². The number of para-hydroxylation sites is 1. The fraction of sp³-hybridized carbons (Fsp3) is 0.296. The van der Waals surface area contributed by atoms with Gasteiger partial charge in [0.15, 0.2) is 5.78 Å². The van der Waals surface area contributed by atoms with E-state index in [-0.39, 0.29) is 24.0 Å². The molecule has 0 spiro atoms. The maximum atomic E-state index is 13.3. The number of carbonyl (C=O) groups is 2. The number of amides is 1. The monoisotopic (exact) mass is 495 g/mol. The third-order valence-electron chi connectivity index (χ3n) is 6.53. The van der Waals surface area contributed by atoms with Crippen molar-refractivity contribution in [1.82, 2.24) is 5.32 Å². The molecule has 1 heterocycles. The van der Waals surface area contributed by atoms with E-state index in [2.05, 4.69) is 10.6 Å². The molecule has 1 aliphatic carbocycles. The molecule has 0 fully saturated rings. The predicted octanol–water partition coefficient (Wildman–Crippen LogP) is 5.62. The van der Waals surface area contributed by atoms with Crippen LogP contribution in [0.15, 0.2) is 71.8 Å². The summed E-state index contributed by atoms with van der Waals surface area (Å²) in [6, 6.07) is 12.6. The Bertz CT molecular complexity index is 1190. The zero-order chi connectivity index (χ0) is 24.3. The maximum absolute atomic E-state index is 13.3. The number of anilines is 1. The summed E-state index contributed by atoms with van der Waals surface area (Å²) >= 11 is 12.2. The second-order valence-electron chi connectivity index (χ2n) is 8.91. The Labute approximate surface area is 209 Å². The van der Waals surface area contributed by atoms with Crippen molar-refractivity contribution in [3.63, 3.8) is 0 Å². The number of carbonyl (C=O) groups excluding carboxylic acids is 2. The topological polar surface area (TPSA) is 70.6 Å². The molecule has 0 bridgehead atoms. The van der Waals surface area contributed by atoms with E-state index in [1.54, 1.807) is 30.5 Å². The Morgan fingerprint density at radius 2 is 1.97 bits per heavy atom. The van der Waals surface area contributed by atoms with Gasteiger partial charge in [-0.3, -0.25) is 14.6 Å². The highest BCUT2D eigenvalue weighted by Crippen LogP contribution is 2.41. The van der Waals surface area contributed by atoms with Crippen LogP contribution in [0.5, 0.6) is 0 Å². The van der Waals surface area contributed by atoms with Crippen LogP contribution in [-0.4, -0.2) is 30.1 Å². The number of benzene rings is 2. The first-order chi connectivity index (χ1) is 16.3. The molecule has 34 heavy (non-hydrogen) atoms. The minimum atomic E-state index is -0.874. The van der Waals surface area contributed by atoms with Crippen LogP contribution in [0.2, 0.25) is 10.0 Å². The van der Waals surface area contributed by atoms with E-state index in [1.807, 2.05) is 56.3 Å². The maximum Gasteiger partial charge on any atom is 0.222 e. The van der Waals surface area contributed by atoms with Crippen molar-refractivity contribution in [1.29, 1.82) is 0 Å². The molecule has 0 aromatic heterocycles. The first-order valence-corrected chi connectivity index (χ1v) is 12.1. The SMILES string of the molecule is CC(C)C1(C2Nc3ccccc3C=N[C@@H]2NC(=O)CCc2ccc(Cl)cc2Cl)C=CC=CC1=O. The van der Waals surface area contributed by atoms with Crippen molar-refractivity contribution in [3.05, 3.63) is 87.9 Å². The number of nitrogens with one attached hydrogen (secondary N) is 2. The van der Waals surface area contributed by atoms with Gasteiger partial charge in [-0.25, -0.2) is 0 Å². The number of hydrogen-bond acceptors (Lipinski definition) is 4. The van der Waals surface area contributed by atoms with E-state index in [9.17, 15) is 9.59 Å². The Hall–Kier alpha value is -2.89. The largest absolute Gasteiger partial charge is 0.376 e. The minimum Gasteiger partial charge on any atom is -0.376 e. The number of rotatable bonds is 6. The molecule has 2 aromatic carbocycles. The number of nitrogens with zero attached hydrogens (tertiary/aromatic N) is 1. The number of hydrogen-bond donors (Lipinski definition) is 2. The van der Waals surface area contributed by atoms with Crippen molar-refractivity contribution in [3.8, 4) is 0 Å². The molecule has 0 radical (unpaired) electrons. The van der Waals surface area contributed by atoms with Gasteiger partial charge in [-0.1, -0.05) is 79.5 Å². The van der Waals surface area contributed by atoms with Gasteiger partial charge in [-0.05, 0) is 42.2 Å². The molecule has 2 N–H and O–H groups in total. The summed E-state index contributed by atoms with van der Waals surface area (Å²) in [6.45, 7) is 4.04. The summed E-state index contributed by atoms with van der Waals surface area (Å²) < 4.78 is 0. The van der Waals surface area contributed by atoms with E-state index >= 15 is 0 Å². The molecule has 2 aromatic rings. The molecule has 4 rings (SSSR count). The second-order valence-corrected chi connectivity index (χ2v) is 9.75. The lowest BCUT2D eigenvalue weighted by atomic mass is 9.65. The summed E-state index contributed by atoms with van der Waals surface area (Å²) in [5.41, 5.74) is 1.75. The van der Waals surface area contributed by atoms with E-state index in [1.165, 1.54) is 0 Å². The van der Waals surface area contributed by atoms with Crippen LogP contribution < -0.4 is 10.6 Å². The van der Waals surface area contributed by atoms with E-state index < -0.39 is 17.6 Å². The lowest BCUT2D eigenvalue weighted by Gasteiger charge is -2.43. The number of ketones is 1. The summed E-state index contributed by atoms with van der Waals surface area (Å²) in [5, 5.41) is 7.70. The highest BCUT2D eigenvalue weighted by atomic mass is 35.5. The van der Waals surface area contributed by atoms with Crippen LogP contribution in [0.3, 0.4) is 0 Å². The Balaban J connectivity index is 1.62. The van der Waals surface area contributed by atoms with E-state index in [0.717, 1.165) is 16.8 Å². The van der Waals surface area contributed by atoms with E-state index in [4.69, 9.17) is 28.2 Å². The molecule has 0 saturated carbocycles. The molecule has 7 heteroatoms. The highest BCUT2D eigenvalue weighted by Gasteiger charge is 2.50. The Morgan fingerprint density at radius 3 is 2.71 bits per heavy atom. The van der Waals surface area contributed by atoms with Gasteiger partial charge in [-0.2, -0.15) is 0 Å². The van der Waals surface area contributed by atoms with Crippen molar-refractivity contribution in [2.24, 2.45) is 16.3 Å². The fourth-order valence-electron chi connectivity index (χ4n) is 4.62. The number of aliphatic imine (C=N–C) groups is 1. The minimum absolute atomic E-state index is 0.00993. The van der Waals surface area contributed by atoms with E-state index in [0.29, 0.717) is 16.5 Å². The molecular weight excluding hydrogens is 469 g/mol. The van der Waals surface area contributed by atoms with Crippen molar-refractivity contribution in [2.45, 2.75) is 38.9 Å². The summed E-state index contributed by atoms with van der Waals surface area (Å²) in [7, 11) is 0. The van der Waals surface area contributed by atoms with Crippen LogP contribution >= 0.6 is 23.2 Å². The molecular formula is C27H27Cl2N3O2. The first-order valence-electron chi connectivity index (χ1n) is 11.3. The van der Waals surface area contributed by atoms with Crippen LogP contribution in [0.1, 0.15) is 31.4 Å². The number of benzodiazepines with no additional fused rings is 1. The van der Waals surface area contributed by atoms with Crippen molar-refractivity contribution in [2.75, 3.05) is 5.32 Å². The summed E-state index contributed by atoms with van der Waals surface area (Å²) in [5.74, 6) is -0.219.